The molecule has 0 aromatic heterocycles. The summed E-state index contributed by atoms with van der Waals surface area (Å²) in [7, 11) is 0. The first-order chi connectivity index (χ1) is 15.8. The molecule has 10 heteroatoms. The van der Waals surface area contributed by atoms with E-state index in [1.54, 1.807) is 47.4 Å². The number of nitrogen functional groups attached to an aromatic ring is 1. The predicted molar refractivity (Wildman–Crippen MR) is 122 cm³/mol. The molecule has 0 saturated carbocycles. The number of hydrogen-bond acceptors (Lipinski definition) is 6. The molecule has 2 aliphatic rings. The van der Waals surface area contributed by atoms with Crippen LogP contribution >= 0.6 is 0 Å². The molecule has 2 fully saturated rings. The lowest BCUT2D eigenvalue weighted by Gasteiger charge is -2.34. The van der Waals surface area contributed by atoms with Crippen LogP contribution in [0.25, 0.3) is 0 Å². The molecular formula is C23H25N5O5. The Hall–Kier alpha value is -3.76. The van der Waals surface area contributed by atoms with Gasteiger partial charge in [0.25, 0.3) is 11.8 Å². The van der Waals surface area contributed by atoms with E-state index in [9.17, 15) is 19.5 Å². The maximum Gasteiger partial charge on any atom is 0.259 e. The monoisotopic (exact) mass is 451 g/mol. The van der Waals surface area contributed by atoms with Gasteiger partial charge in [0.05, 0.1) is 6.61 Å². The summed E-state index contributed by atoms with van der Waals surface area (Å²) >= 11 is 0. The second-order valence-electron chi connectivity index (χ2n) is 7.88. The Bertz CT molecular complexity index is 1090. The molecule has 2 aliphatic heterocycles. The number of morpholine rings is 1. The molecule has 0 bridgehead atoms. The summed E-state index contributed by atoms with van der Waals surface area (Å²) < 4.78 is 5.45. The molecule has 5 N–H and O–H groups in total. The lowest BCUT2D eigenvalue weighted by Crippen LogP contribution is -2.55. The van der Waals surface area contributed by atoms with Gasteiger partial charge in [-0.25, -0.2) is 0 Å². The molecule has 0 spiro atoms. The number of nitrogens with two attached hydrogens (primary N) is 1. The van der Waals surface area contributed by atoms with Crippen molar-refractivity contribution < 1.29 is 24.2 Å². The van der Waals surface area contributed by atoms with Crippen LogP contribution in [0.15, 0.2) is 48.5 Å². The van der Waals surface area contributed by atoms with Crippen LogP contribution in [0.5, 0.6) is 0 Å². The molecule has 0 radical (unpaired) electrons. The number of amides is 3. The Morgan fingerprint density at radius 2 is 1.82 bits per heavy atom. The van der Waals surface area contributed by atoms with Gasteiger partial charge in [-0.1, -0.05) is 6.07 Å². The molecule has 2 saturated heterocycles. The Labute approximate surface area is 190 Å². The van der Waals surface area contributed by atoms with Crippen molar-refractivity contribution in [2.24, 2.45) is 5.73 Å². The summed E-state index contributed by atoms with van der Waals surface area (Å²) in [6, 6.07) is 13.3. The van der Waals surface area contributed by atoms with Gasteiger partial charge in [-0.05, 0) is 48.9 Å². The second-order valence-corrected chi connectivity index (χ2v) is 7.88. The van der Waals surface area contributed by atoms with E-state index < -0.39 is 24.0 Å². The third-order valence-electron chi connectivity index (χ3n) is 5.67. The zero-order valence-electron chi connectivity index (χ0n) is 17.9. The van der Waals surface area contributed by atoms with E-state index in [1.807, 2.05) is 6.07 Å². The molecule has 1 unspecified atom stereocenters. The lowest BCUT2D eigenvalue weighted by atomic mass is 10.1. The summed E-state index contributed by atoms with van der Waals surface area (Å²) in [5.41, 5.74) is 7.57. The number of carbonyl (C=O) groups is 3. The molecule has 3 amide bonds. The van der Waals surface area contributed by atoms with Gasteiger partial charge in [-0.3, -0.25) is 19.8 Å². The summed E-state index contributed by atoms with van der Waals surface area (Å²) in [6.45, 7) is 1.03. The smallest absolute Gasteiger partial charge is 0.259 e. The largest absolute Gasteiger partial charge is 0.384 e. The highest BCUT2D eigenvalue weighted by atomic mass is 16.5. The molecule has 172 valence electrons. The molecule has 2 aromatic rings. The van der Waals surface area contributed by atoms with E-state index in [0.29, 0.717) is 35.6 Å². The van der Waals surface area contributed by atoms with Crippen molar-refractivity contribution in [3.63, 3.8) is 0 Å². The van der Waals surface area contributed by atoms with Crippen molar-refractivity contribution in [1.82, 2.24) is 0 Å². The summed E-state index contributed by atoms with van der Waals surface area (Å²) in [6.07, 6.45) is -1.80. The second kappa shape index (κ2) is 9.39. The van der Waals surface area contributed by atoms with Crippen molar-refractivity contribution in [1.29, 1.82) is 5.41 Å². The SMILES string of the molecule is N=C(N)c1ccc(NC(=O)[C@H](O)C2OCCN(c3cccc(N4CCCC4=O)c3)C2=O)cc1. The average molecular weight is 451 g/mol. The maximum absolute atomic E-state index is 13.1. The van der Waals surface area contributed by atoms with E-state index in [0.717, 1.165) is 6.42 Å². The summed E-state index contributed by atoms with van der Waals surface area (Å²) in [5.74, 6) is -1.39. The highest BCUT2D eigenvalue weighted by Gasteiger charge is 2.39. The van der Waals surface area contributed by atoms with Crippen LogP contribution < -0.4 is 20.9 Å². The molecule has 33 heavy (non-hydrogen) atoms. The van der Waals surface area contributed by atoms with Gasteiger partial charge in [0.15, 0.2) is 12.2 Å². The highest BCUT2D eigenvalue weighted by molar-refractivity contribution is 6.04. The fraction of sp³-hybridized carbons (Fsp3) is 0.304. The van der Waals surface area contributed by atoms with Crippen LogP contribution in [0, 0.1) is 5.41 Å². The van der Waals surface area contributed by atoms with Crippen molar-refractivity contribution in [3.05, 3.63) is 54.1 Å². The van der Waals surface area contributed by atoms with Crippen molar-refractivity contribution in [2.45, 2.75) is 25.0 Å². The normalized spacial score (nSPS) is 19.5. The molecule has 0 aliphatic carbocycles. The fourth-order valence-electron chi connectivity index (χ4n) is 3.93. The number of carbonyl (C=O) groups excluding carboxylic acids is 3. The zero-order chi connectivity index (χ0) is 23.5. The number of anilines is 3. The Balaban J connectivity index is 1.46. The van der Waals surface area contributed by atoms with Gasteiger partial charge in [-0.2, -0.15) is 0 Å². The lowest BCUT2D eigenvalue weighted by molar-refractivity contribution is -0.150. The van der Waals surface area contributed by atoms with Gasteiger partial charge in [0.2, 0.25) is 5.91 Å². The average Bonchev–Trinajstić information content (AvgIpc) is 3.25. The van der Waals surface area contributed by atoms with E-state index in [1.165, 1.54) is 4.90 Å². The van der Waals surface area contributed by atoms with Gasteiger partial charge in [0, 0.05) is 42.1 Å². The summed E-state index contributed by atoms with van der Waals surface area (Å²) in [4.78, 5) is 40.9. The minimum absolute atomic E-state index is 0.0433. The summed E-state index contributed by atoms with van der Waals surface area (Å²) in [5, 5.41) is 20.5. The van der Waals surface area contributed by atoms with Gasteiger partial charge >= 0.3 is 0 Å². The Morgan fingerprint density at radius 1 is 1.12 bits per heavy atom. The first-order valence-corrected chi connectivity index (χ1v) is 10.6. The molecule has 4 rings (SSSR count). The van der Waals surface area contributed by atoms with Gasteiger partial charge < -0.3 is 30.7 Å². The van der Waals surface area contributed by atoms with Crippen LogP contribution in [-0.2, 0) is 19.1 Å². The molecule has 2 heterocycles. The van der Waals surface area contributed by atoms with Crippen molar-refractivity contribution in [3.8, 4) is 0 Å². The quantitative estimate of drug-likeness (QED) is 0.378. The highest BCUT2D eigenvalue weighted by Crippen LogP contribution is 2.28. The number of rotatable bonds is 6. The minimum atomic E-state index is -1.73. The van der Waals surface area contributed by atoms with Crippen LogP contribution in [0.1, 0.15) is 18.4 Å². The minimum Gasteiger partial charge on any atom is -0.384 e. The van der Waals surface area contributed by atoms with E-state index in [2.05, 4.69) is 5.32 Å². The first kappa shape index (κ1) is 22.4. The van der Waals surface area contributed by atoms with Crippen molar-refractivity contribution in [2.75, 3.05) is 34.8 Å². The molecule has 2 atom stereocenters. The Kier molecular flexibility index (Phi) is 6.38. The maximum atomic E-state index is 13.1. The number of hydrogen-bond donors (Lipinski definition) is 4. The van der Waals surface area contributed by atoms with Crippen LogP contribution in [0.2, 0.25) is 0 Å². The third-order valence-corrected chi connectivity index (χ3v) is 5.67. The fourth-order valence-corrected chi connectivity index (χ4v) is 3.93. The number of aliphatic hydroxyl groups excluding tert-OH is 1. The van der Waals surface area contributed by atoms with E-state index in [4.69, 9.17) is 15.9 Å². The van der Waals surface area contributed by atoms with Crippen LogP contribution in [-0.4, -0.2) is 60.6 Å². The third kappa shape index (κ3) is 4.71. The molecule has 2 aromatic carbocycles. The van der Waals surface area contributed by atoms with Crippen LogP contribution in [0.4, 0.5) is 17.1 Å². The van der Waals surface area contributed by atoms with E-state index in [-0.39, 0.29) is 24.9 Å². The van der Waals surface area contributed by atoms with Gasteiger partial charge in [-0.15, -0.1) is 0 Å². The van der Waals surface area contributed by atoms with E-state index >= 15 is 0 Å². The number of ether oxygens (including phenoxy) is 1. The number of nitrogens with zero attached hydrogens (tertiary/aromatic N) is 2. The zero-order valence-corrected chi connectivity index (χ0v) is 17.9. The standard InChI is InChI=1S/C23H25N5O5/c24-21(25)14-6-8-15(9-7-14)26-22(31)19(30)20-23(32)28(11-12-33-20)17-4-1-3-16(13-17)27-10-2-5-18(27)29/h1,3-4,6-9,13,19-20,30H,2,5,10-12H2,(H3,24,25)(H,26,31)/t19-,20?/m1/s1. The first-order valence-electron chi connectivity index (χ1n) is 10.6. The molecular weight excluding hydrogens is 426 g/mol. The predicted octanol–water partition coefficient (Wildman–Crippen LogP) is 0.829. The Morgan fingerprint density at radius 3 is 2.45 bits per heavy atom. The van der Waals surface area contributed by atoms with Crippen LogP contribution in [0.3, 0.4) is 0 Å². The number of aliphatic hydroxyl groups is 1. The number of benzene rings is 2. The van der Waals surface area contributed by atoms with Crippen molar-refractivity contribution >= 4 is 40.6 Å². The number of nitrogens with one attached hydrogen (secondary N) is 2. The topological polar surface area (TPSA) is 149 Å². The molecule has 10 nitrogen and oxygen atoms in total. The number of amidine groups is 1. The van der Waals surface area contributed by atoms with Gasteiger partial charge in [0.1, 0.15) is 5.84 Å².